The number of fused-ring (bicyclic) bond motifs is 1. The van der Waals surface area contributed by atoms with Crippen LogP contribution in [0.15, 0.2) is 32.7 Å². The summed E-state index contributed by atoms with van der Waals surface area (Å²) in [5.41, 5.74) is -1.01. The molecule has 10 nitrogen and oxygen atoms in total. The number of aromatic nitrogens is 2. The van der Waals surface area contributed by atoms with Crippen LogP contribution in [0.1, 0.15) is 25.7 Å². The Hall–Kier alpha value is -2.50. The van der Waals surface area contributed by atoms with E-state index in [0.717, 1.165) is 30.3 Å². The molecule has 0 aliphatic carbocycles. The van der Waals surface area contributed by atoms with Crippen LogP contribution in [0.25, 0.3) is 10.9 Å². The van der Waals surface area contributed by atoms with Crippen molar-refractivity contribution in [2.75, 3.05) is 33.4 Å². The van der Waals surface area contributed by atoms with Gasteiger partial charge in [-0.2, -0.15) is 0 Å². The normalized spacial score (nSPS) is 15.2. The van der Waals surface area contributed by atoms with E-state index in [0.29, 0.717) is 18.6 Å². The molecule has 1 aliphatic heterocycles. The lowest BCUT2D eigenvalue weighted by molar-refractivity contribution is -0.131. The third-order valence-corrected chi connectivity index (χ3v) is 6.94. The van der Waals surface area contributed by atoms with E-state index >= 15 is 0 Å². The zero-order valence-corrected chi connectivity index (χ0v) is 18.6. The Balaban J connectivity index is 2.00. The maximum Gasteiger partial charge on any atom is 0.331 e. The van der Waals surface area contributed by atoms with E-state index in [9.17, 15) is 22.8 Å². The Morgan fingerprint density at radius 1 is 1.13 bits per heavy atom. The van der Waals surface area contributed by atoms with E-state index in [1.54, 1.807) is 4.90 Å². The highest BCUT2D eigenvalue weighted by molar-refractivity contribution is 7.89. The molecule has 0 spiro atoms. The van der Waals surface area contributed by atoms with E-state index in [4.69, 9.17) is 4.74 Å². The van der Waals surface area contributed by atoms with Crippen molar-refractivity contribution in [3.8, 4) is 0 Å². The molecule has 31 heavy (non-hydrogen) atoms. The Bertz CT molecular complexity index is 1180. The summed E-state index contributed by atoms with van der Waals surface area (Å²) < 4.78 is 34.4. The number of rotatable bonds is 7. The number of likely N-dealkylation sites (tertiary alicyclic amines) is 1. The van der Waals surface area contributed by atoms with Gasteiger partial charge in [-0.1, -0.05) is 12.8 Å². The molecule has 1 fully saturated rings. The SMILES string of the molecule is COCCNS(=O)(=O)c1ccc2c(c1)c(=O)n(CC(=O)N1CCCCCC1)c(=O)n2C. The van der Waals surface area contributed by atoms with Crippen LogP contribution < -0.4 is 16.0 Å². The minimum absolute atomic E-state index is 0.0559. The fourth-order valence-corrected chi connectivity index (χ4v) is 4.76. The Morgan fingerprint density at radius 3 is 2.45 bits per heavy atom. The number of methoxy groups -OCH3 is 1. The summed E-state index contributed by atoms with van der Waals surface area (Å²) in [4.78, 5) is 40.2. The molecule has 1 aromatic heterocycles. The van der Waals surface area contributed by atoms with Crippen LogP contribution in [0, 0.1) is 0 Å². The number of sulfonamides is 1. The number of aryl methyl sites for hydroxylation is 1. The van der Waals surface area contributed by atoms with E-state index < -0.39 is 21.3 Å². The highest BCUT2D eigenvalue weighted by Crippen LogP contribution is 2.15. The third kappa shape index (κ3) is 5.05. The van der Waals surface area contributed by atoms with Gasteiger partial charge >= 0.3 is 5.69 Å². The predicted molar refractivity (Wildman–Crippen MR) is 116 cm³/mol. The average Bonchev–Trinajstić information content (AvgIpc) is 3.04. The highest BCUT2D eigenvalue weighted by Gasteiger charge is 2.21. The number of hydrogen-bond acceptors (Lipinski definition) is 6. The Labute approximate surface area is 180 Å². The van der Waals surface area contributed by atoms with Crippen molar-refractivity contribution in [1.29, 1.82) is 0 Å². The van der Waals surface area contributed by atoms with Gasteiger partial charge in [0, 0.05) is 33.8 Å². The molecule has 2 heterocycles. The predicted octanol–water partition coefficient (Wildman–Crippen LogP) is 0.0275. The van der Waals surface area contributed by atoms with Gasteiger partial charge in [0.15, 0.2) is 0 Å². The largest absolute Gasteiger partial charge is 0.383 e. The molecule has 1 saturated heterocycles. The molecule has 0 radical (unpaired) electrons. The number of carbonyl (C=O) groups is 1. The lowest BCUT2D eigenvalue weighted by Gasteiger charge is -2.21. The van der Waals surface area contributed by atoms with Gasteiger partial charge in [0.05, 0.1) is 22.4 Å². The first kappa shape index (κ1) is 23.2. The molecule has 1 aliphatic rings. The number of amides is 1. The first-order valence-corrected chi connectivity index (χ1v) is 11.7. The van der Waals surface area contributed by atoms with Crippen LogP contribution in [0.4, 0.5) is 0 Å². The summed E-state index contributed by atoms with van der Waals surface area (Å²) in [6.45, 7) is 1.13. The van der Waals surface area contributed by atoms with Gasteiger partial charge in [-0.15, -0.1) is 0 Å². The summed E-state index contributed by atoms with van der Waals surface area (Å²) in [7, 11) is -0.915. The number of ether oxygens (including phenoxy) is 1. The van der Waals surface area contributed by atoms with Crippen LogP contribution >= 0.6 is 0 Å². The number of nitrogens with zero attached hydrogens (tertiary/aromatic N) is 3. The molecule has 1 N–H and O–H groups in total. The summed E-state index contributed by atoms with van der Waals surface area (Å²) in [5, 5.41) is 0.0559. The topological polar surface area (TPSA) is 120 Å². The average molecular weight is 453 g/mol. The minimum atomic E-state index is -3.86. The molecule has 3 rings (SSSR count). The van der Waals surface area contributed by atoms with Gasteiger partial charge in [-0.05, 0) is 31.0 Å². The fourth-order valence-electron chi connectivity index (χ4n) is 3.72. The van der Waals surface area contributed by atoms with Gasteiger partial charge in [0.1, 0.15) is 6.54 Å². The zero-order valence-electron chi connectivity index (χ0n) is 17.8. The van der Waals surface area contributed by atoms with Crippen LogP contribution in [-0.4, -0.2) is 61.7 Å². The van der Waals surface area contributed by atoms with Crippen LogP contribution in [0.5, 0.6) is 0 Å². The molecule has 0 saturated carbocycles. The molecule has 11 heteroatoms. The first-order chi connectivity index (χ1) is 14.8. The van der Waals surface area contributed by atoms with Crippen molar-refractivity contribution in [2.24, 2.45) is 7.05 Å². The molecule has 0 unspecified atom stereocenters. The van der Waals surface area contributed by atoms with Crippen LogP contribution in [-0.2, 0) is 33.1 Å². The highest BCUT2D eigenvalue weighted by atomic mass is 32.2. The van der Waals surface area contributed by atoms with Crippen molar-refractivity contribution in [3.05, 3.63) is 39.0 Å². The fraction of sp³-hybridized carbons (Fsp3) is 0.550. The number of benzene rings is 1. The minimum Gasteiger partial charge on any atom is -0.383 e. The lowest BCUT2D eigenvalue weighted by Crippen LogP contribution is -2.44. The third-order valence-electron chi connectivity index (χ3n) is 5.48. The van der Waals surface area contributed by atoms with Crippen molar-refractivity contribution in [2.45, 2.75) is 37.1 Å². The summed E-state index contributed by atoms with van der Waals surface area (Å²) in [5.74, 6) is -0.287. The number of hydrogen-bond donors (Lipinski definition) is 1. The number of carbonyl (C=O) groups excluding carboxylic acids is 1. The summed E-state index contributed by atoms with van der Waals surface area (Å²) in [6.07, 6.45) is 3.90. The second-order valence-electron chi connectivity index (χ2n) is 7.60. The Kier molecular flexibility index (Phi) is 7.29. The second kappa shape index (κ2) is 9.75. The van der Waals surface area contributed by atoms with E-state index in [1.165, 1.54) is 36.9 Å². The van der Waals surface area contributed by atoms with E-state index in [-0.39, 0.29) is 35.9 Å². The summed E-state index contributed by atoms with van der Waals surface area (Å²) in [6, 6.07) is 3.99. The maximum atomic E-state index is 13.1. The van der Waals surface area contributed by atoms with Gasteiger partial charge in [0.2, 0.25) is 15.9 Å². The molecule has 2 aromatic rings. The van der Waals surface area contributed by atoms with E-state index in [1.807, 2.05) is 0 Å². The molecule has 0 atom stereocenters. The van der Waals surface area contributed by atoms with Crippen molar-refractivity contribution in [3.63, 3.8) is 0 Å². The zero-order chi connectivity index (χ0) is 22.6. The molecule has 1 aromatic carbocycles. The monoisotopic (exact) mass is 452 g/mol. The van der Waals surface area contributed by atoms with Crippen LogP contribution in [0.3, 0.4) is 0 Å². The van der Waals surface area contributed by atoms with Gasteiger partial charge < -0.3 is 9.64 Å². The smallest absolute Gasteiger partial charge is 0.331 e. The molecular formula is C20H28N4O6S. The molecule has 1 amide bonds. The number of nitrogens with one attached hydrogen (secondary N) is 1. The summed E-state index contributed by atoms with van der Waals surface area (Å²) >= 11 is 0. The van der Waals surface area contributed by atoms with E-state index in [2.05, 4.69) is 4.72 Å². The van der Waals surface area contributed by atoms with Gasteiger partial charge in [0.25, 0.3) is 5.56 Å². The first-order valence-electron chi connectivity index (χ1n) is 10.3. The van der Waals surface area contributed by atoms with Gasteiger partial charge in [-0.3, -0.25) is 18.7 Å². The second-order valence-corrected chi connectivity index (χ2v) is 9.36. The van der Waals surface area contributed by atoms with Crippen LogP contribution in [0.2, 0.25) is 0 Å². The maximum absolute atomic E-state index is 13.1. The quantitative estimate of drug-likeness (QED) is 0.592. The molecule has 170 valence electrons. The van der Waals surface area contributed by atoms with Gasteiger partial charge in [-0.25, -0.2) is 17.9 Å². The van der Waals surface area contributed by atoms with Crippen molar-refractivity contribution in [1.82, 2.24) is 18.8 Å². The standard InChI is InChI=1S/C20H28N4O6S/c1-22-17-8-7-15(31(28,29)21-9-12-30-2)13-16(17)19(26)24(20(22)27)14-18(25)23-10-5-3-4-6-11-23/h7-8,13,21H,3-6,9-12,14H2,1-2H3. The Morgan fingerprint density at radius 2 is 1.81 bits per heavy atom. The van der Waals surface area contributed by atoms with Crippen molar-refractivity contribution < 1.29 is 17.9 Å². The molecular weight excluding hydrogens is 424 g/mol. The lowest BCUT2D eigenvalue weighted by atomic mass is 10.2. The molecule has 0 bridgehead atoms. The van der Waals surface area contributed by atoms with Crippen molar-refractivity contribution >= 4 is 26.8 Å².